The van der Waals surface area contributed by atoms with Crippen LogP contribution < -0.4 is 10.2 Å². The molecule has 1 unspecified atom stereocenters. The number of nitrogens with zero attached hydrogens (tertiary/aromatic N) is 2. The van der Waals surface area contributed by atoms with E-state index in [1.807, 2.05) is 78.9 Å². The van der Waals surface area contributed by atoms with Crippen LogP contribution in [0.3, 0.4) is 0 Å². The van der Waals surface area contributed by atoms with Crippen LogP contribution in [0.2, 0.25) is 0 Å². The van der Waals surface area contributed by atoms with Gasteiger partial charge in [-0.25, -0.2) is 0 Å². The highest BCUT2D eigenvalue weighted by molar-refractivity contribution is 6.11. The second kappa shape index (κ2) is 10.9. The first kappa shape index (κ1) is 27.4. The number of hydrogen-bond acceptors (Lipinski definition) is 4. The van der Waals surface area contributed by atoms with E-state index in [-0.39, 0.29) is 11.3 Å². The quantitative estimate of drug-likeness (QED) is 0.237. The number of H-pyrrole nitrogens is 1. The molecular formula is C35H34N4O3. The summed E-state index contributed by atoms with van der Waals surface area (Å²) in [7, 11) is 0. The predicted octanol–water partition coefficient (Wildman–Crippen LogP) is 6.02. The van der Waals surface area contributed by atoms with E-state index < -0.39 is 24.1 Å². The number of anilines is 1. The number of rotatable bonds is 6. The lowest BCUT2D eigenvalue weighted by molar-refractivity contribution is -0.124. The Kier molecular flexibility index (Phi) is 7.12. The molecule has 0 radical (unpaired) electrons. The van der Waals surface area contributed by atoms with E-state index in [0.717, 1.165) is 27.6 Å². The van der Waals surface area contributed by atoms with E-state index in [1.165, 1.54) is 4.90 Å². The van der Waals surface area contributed by atoms with Crippen molar-refractivity contribution in [1.29, 1.82) is 0 Å². The normalized spacial score (nSPS) is 17.0. The molecule has 7 heteroatoms. The molecule has 1 aliphatic carbocycles. The smallest absolute Gasteiger partial charge is 0.275 e. The van der Waals surface area contributed by atoms with E-state index in [2.05, 4.69) is 36.1 Å². The zero-order valence-electron chi connectivity index (χ0n) is 23.9. The molecule has 0 saturated heterocycles. The number of benzene rings is 3. The molecule has 6 rings (SSSR count). The Morgan fingerprint density at radius 1 is 0.976 bits per heavy atom. The third kappa shape index (κ3) is 5.19. The predicted molar refractivity (Wildman–Crippen MR) is 164 cm³/mol. The molecule has 42 heavy (non-hydrogen) atoms. The van der Waals surface area contributed by atoms with Crippen LogP contribution in [0.15, 0.2) is 103 Å². The first-order chi connectivity index (χ1) is 20.2. The highest BCUT2D eigenvalue weighted by Gasteiger charge is 2.38. The van der Waals surface area contributed by atoms with Crippen LogP contribution in [0.4, 0.5) is 5.69 Å². The lowest BCUT2D eigenvalue weighted by atomic mass is 9.87. The van der Waals surface area contributed by atoms with Gasteiger partial charge in [-0.05, 0) is 52.4 Å². The number of amides is 2. The van der Waals surface area contributed by atoms with Gasteiger partial charge in [-0.1, -0.05) is 81.4 Å². The van der Waals surface area contributed by atoms with Crippen LogP contribution in [-0.4, -0.2) is 33.0 Å². The largest absolute Gasteiger partial charge is 0.390 e. The fourth-order valence-electron chi connectivity index (χ4n) is 5.76. The van der Waals surface area contributed by atoms with Gasteiger partial charge in [0.25, 0.3) is 5.91 Å². The van der Waals surface area contributed by atoms with Crippen molar-refractivity contribution >= 4 is 28.4 Å². The number of carbonyl (C=O) groups excluding carboxylic acids is 2. The first-order valence-corrected chi connectivity index (χ1v) is 14.2. The van der Waals surface area contributed by atoms with Crippen molar-refractivity contribution in [2.75, 3.05) is 4.90 Å². The van der Waals surface area contributed by atoms with Gasteiger partial charge in [-0.2, -0.15) is 0 Å². The molecule has 3 atom stereocenters. The average molecular weight is 559 g/mol. The summed E-state index contributed by atoms with van der Waals surface area (Å²) in [6.07, 6.45) is 2.92. The molecule has 0 spiro atoms. The molecular weight excluding hydrogens is 524 g/mol. The first-order valence-electron chi connectivity index (χ1n) is 14.2. The number of nitrogens with one attached hydrogen (secondary N) is 2. The van der Waals surface area contributed by atoms with Crippen molar-refractivity contribution in [3.8, 4) is 0 Å². The molecule has 3 N–H and O–H groups in total. The topological polar surface area (TPSA) is 98.3 Å². The van der Waals surface area contributed by atoms with Gasteiger partial charge in [0.2, 0.25) is 5.91 Å². The molecule has 0 bridgehead atoms. The Balaban J connectivity index is 1.46. The monoisotopic (exact) mass is 558 g/mol. The zero-order chi connectivity index (χ0) is 29.4. The van der Waals surface area contributed by atoms with E-state index in [0.29, 0.717) is 23.4 Å². The summed E-state index contributed by atoms with van der Waals surface area (Å²) in [4.78, 5) is 37.9. The fraction of sp³-hybridized carbons (Fsp3) is 0.229. The Bertz CT molecular complexity index is 1700. The van der Waals surface area contributed by atoms with Crippen LogP contribution in [0.5, 0.6) is 0 Å². The molecule has 0 fully saturated rings. The summed E-state index contributed by atoms with van der Waals surface area (Å²) >= 11 is 0. The van der Waals surface area contributed by atoms with E-state index in [9.17, 15) is 14.7 Å². The molecule has 1 aliphatic rings. The number of aromatic nitrogens is 2. The molecule has 0 aliphatic heterocycles. The van der Waals surface area contributed by atoms with Crippen molar-refractivity contribution in [3.63, 3.8) is 0 Å². The van der Waals surface area contributed by atoms with Crippen LogP contribution in [0.1, 0.15) is 65.6 Å². The molecule has 2 heterocycles. The third-order valence-electron chi connectivity index (χ3n) is 8.00. The SMILES string of the molecule is CC(C)(C)c1ccc(N(C(=O)c2cc3ccccc3[nH]2)C(C(=O)N[C@@H]2c3ccccc3C[C@@H]2O)c2cccnc2)cc1. The Hall–Kier alpha value is -4.75. The van der Waals surface area contributed by atoms with Gasteiger partial charge in [0.05, 0.1) is 12.1 Å². The number of aromatic amines is 1. The fourth-order valence-corrected chi connectivity index (χ4v) is 5.76. The maximum absolute atomic E-state index is 14.5. The van der Waals surface area contributed by atoms with Crippen LogP contribution in [0.25, 0.3) is 10.9 Å². The van der Waals surface area contributed by atoms with E-state index in [4.69, 9.17) is 0 Å². The van der Waals surface area contributed by atoms with Crippen molar-refractivity contribution in [3.05, 3.63) is 131 Å². The Morgan fingerprint density at radius 3 is 2.43 bits per heavy atom. The molecule has 212 valence electrons. The molecule has 0 saturated carbocycles. The van der Waals surface area contributed by atoms with Gasteiger partial charge < -0.3 is 15.4 Å². The molecule has 7 nitrogen and oxygen atoms in total. The number of pyridine rings is 1. The Morgan fingerprint density at radius 2 is 1.71 bits per heavy atom. The van der Waals surface area contributed by atoms with Gasteiger partial charge in [0.15, 0.2) is 0 Å². The van der Waals surface area contributed by atoms with Crippen molar-refractivity contribution in [2.45, 2.75) is 50.8 Å². The molecule has 2 amide bonds. The summed E-state index contributed by atoms with van der Waals surface area (Å²) in [6.45, 7) is 6.39. The minimum Gasteiger partial charge on any atom is -0.390 e. The second-order valence-electron chi connectivity index (χ2n) is 11.9. The molecule has 3 aromatic carbocycles. The van der Waals surface area contributed by atoms with Gasteiger partial charge in [0.1, 0.15) is 11.7 Å². The van der Waals surface area contributed by atoms with E-state index in [1.54, 1.807) is 24.5 Å². The summed E-state index contributed by atoms with van der Waals surface area (Å²) in [5, 5.41) is 14.9. The lowest BCUT2D eigenvalue weighted by Gasteiger charge is -2.33. The van der Waals surface area contributed by atoms with Gasteiger partial charge >= 0.3 is 0 Å². The number of para-hydroxylation sites is 1. The van der Waals surface area contributed by atoms with Crippen molar-refractivity contribution in [2.24, 2.45) is 0 Å². The van der Waals surface area contributed by atoms with Crippen molar-refractivity contribution < 1.29 is 14.7 Å². The molecule has 5 aromatic rings. The number of aliphatic hydroxyl groups excluding tert-OH is 1. The standard InChI is InChI=1S/C35H34N4O3/c1-35(2,3)25-14-16-26(17-15-25)39(34(42)29-19-23-10-5-7-13-28(23)37-29)32(24-11-8-18-36-21-24)33(41)38-31-27-12-6-4-9-22(27)20-30(31)40/h4-19,21,30-32,37,40H,20H2,1-3H3,(H,38,41)/t30-,31+,32?/m0/s1. The van der Waals surface area contributed by atoms with Crippen LogP contribution in [0, 0.1) is 0 Å². The average Bonchev–Trinajstić information content (AvgIpc) is 3.56. The number of hydrogen-bond donors (Lipinski definition) is 3. The summed E-state index contributed by atoms with van der Waals surface area (Å²) in [5.74, 6) is -0.765. The third-order valence-corrected chi connectivity index (χ3v) is 8.00. The van der Waals surface area contributed by atoms with Gasteiger partial charge in [-0.3, -0.25) is 19.5 Å². The number of aliphatic hydroxyl groups is 1. The summed E-state index contributed by atoms with van der Waals surface area (Å²) in [5.41, 5.74) is 5.22. The van der Waals surface area contributed by atoms with Crippen molar-refractivity contribution in [1.82, 2.24) is 15.3 Å². The number of fused-ring (bicyclic) bond motifs is 2. The Labute approximate surface area is 245 Å². The zero-order valence-corrected chi connectivity index (χ0v) is 23.9. The van der Waals surface area contributed by atoms with Crippen LogP contribution >= 0.6 is 0 Å². The highest BCUT2D eigenvalue weighted by atomic mass is 16.3. The maximum Gasteiger partial charge on any atom is 0.275 e. The minimum absolute atomic E-state index is 0.0866. The number of carbonyl (C=O) groups is 2. The lowest BCUT2D eigenvalue weighted by Crippen LogP contribution is -2.46. The van der Waals surface area contributed by atoms with Gasteiger partial charge in [0, 0.05) is 41.0 Å². The second-order valence-corrected chi connectivity index (χ2v) is 11.9. The highest BCUT2D eigenvalue weighted by Crippen LogP contribution is 2.35. The minimum atomic E-state index is -1.06. The summed E-state index contributed by atoms with van der Waals surface area (Å²) in [6, 6.07) is 26.9. The molecule has 2 aromatic heterocycles. The van der Waals surface area contributed by atoms with Crippen LogP contribution in [-0.2, 0) is 16.6 Å². The van der Waals surface area contributed by atoms with E-state index >= 15 is 0 Å². The summed E-state index contributed by atoms with van der Waals surface area (Å²) < 4.78 is 0. The maximum atomic E-state index is 14.5. The van der Waals surface area contributed by atoms with Gasteiger partial charge in [-0.15, -0.1) is 0 Å².